The van der Waals surface area contributed by atoms with Crippen LogP contribution in [-0.4, -0.2) is 36.3 Å². The highest BCUT2D eigenvalue weighted by Crippen LogP contribution is 2.32. The van der Waals surface area contributed by atoms with Crippen LogP contribution in [0, 0.1) is 0 Å². The summed E-state index contributed by atoms with van der Waals surface area (Å²) in [6.45, 7) is 0.798. The predicted octanol–water partition coefficient (Wildman–Crippen LogP) is 4.17. The summed E-state index contributed by atoms with van der Waals surface area (Å²) < 4.78 is 49.9. The van der Waals surface area contributed by atoms with E-state index >= 15 is 0 Å². The molecule has 2 aromatic rings. The van der Waals surface area contributed by atoms with Crippen LogP contribution in [-0.2, 0) is 6.18 Å². The van der Waals surface area contributed by atoms with Crippen LogP contribution in [0.25, 0.3) is 0 Å². The first-order chi connectivity index (χ1) is 12.3. The summed E-state index contributed by atoms with van der Waals surface area (Å²) in [6.07, 6.45) is -4.64. The van der Waals surface area contributed by atoms with E-state index in [9.17, 15) is 13.2 Å². The molecule has 3 rings (SSSR count). The highest BCUT2D eigenvalue weighted by Gasteiger charge is 2.30. The maximum Gasteiger partial charge on any atom is 0.416 e. The minimum absolute atomic E-state index is 0.240. The Bertz CT molecular complexity index is 798. The van der Waals surface area contributed by atoms with Gasteiger partial charge in [-0.3, -0.25) is 0 Å². The average molecular weight is 382 g/mol. The van der Waals surface area contributed by atoms with E-state index in [0.717, 1.165) is 12.1 Å². The molecule has 1 aliphatic rings. The van der Waals surface area contributed by atoms with Crippen molar-refractivity contribution in [3.8, 4) is 11.5 Å². The van der Waals surface area contributed by atoms with Gasteiger partial charge in [0.1, 0.15) is 6.61 Å². The third-order valence-corrected chi connectivity index (χ3v) is 4.25. The molecule has 0 bridgehead atoms. The van der Waals surface area contributed by atoms with E-state index in [-0.39, 0.29) is 11.8 Å². The topological polar surface area (TPSA) is 33.7 Å². The molecule has 0 aromatic heterocycles. The van der Waals surface area contributed by atoms with Crippen LogP contribution in [0.1, 0.15) is 5.56 Å². The van der Waals surface area contributed by atoms with Gasteiger partial charge in [-0.2, -0.15) is 13.2 Å². The third kappa shape index (κ3) is 4.37. The molecule has 1 heterocycles. The lowest BCUT2D eigenvalue weighted by atomic mass is 10.2. The smallest absolute Gasteiger partial charge is 0.416 e. The first-order valence-corrected chi connectivity index (χ1v) is 8.31. The molecule has 0 amide bonds. The van der Waals surface area contributed by atoms with Gasteiger partial charge < -0.3 is 19.7 Å². The summed E-state index contributed by atoms with van der Waals surface area (Å²) in [7, 11) is 1.74. The molecule has 0 radical (unpaired) electrons. The number of alkyl halides is 3. The van der Waals surface area contributed by atoms with Crippen LogP contribution in [0.2, 0.25) is 0 Å². The highest BCUT2D eigenvalue weighted by atomic mass is 32.1. The van der Waals surface area contributed by atoms with Gasteiger partial charge in [0.2, 0.25) is 0 Å². The van der Waals surface area contributed by atoms with E-state index in [2.05, 4.69) is 5.32 Å². The van der Waals surface area contributed by atoms with Gasteiger partial charge in [-0.05, 0) is 42.5 Å². The van der Waals surface area contributed by atoms with Gasteiger partial charge in [0.15, 0.2) is 22.7 Å². The summed E-state index contributed by atoms with van der Waals surface area (Å²) in [5, 5.41) is 3.12. The maximum atomic E-state index is 12.8. The molecule has 2 aromatic carbocycles. The Morgan fingerprint density at radius 2 is 1.92 bits per heavy atom. The lowest BCUT2D eigenvalue weighted by Gasteiger charge is -2.30. The Labute approximate surface area is 154 Å². The van der Waals surface area contributed by atoms with Crippen molar-refractivity contribution in [1.29, 1.82) is 0 Å². The summed E-state index contributed by atoms with van der Waals surface area (Å²) >= 11 is 5.28. The molecule has 138 valence electrons. The van der Waals surface area contributed by atoms with Crippen molar-refractivity contribution in [1.82, 2.24) is 4.90 Å². The number of thiocarbonyl (C=S) groups is 1. The number of para-hydroxylation sites is 2. The van der Waals surface area contributed by atoms with E-state index in [1.807, 2.05) is 24.3 Å². The molecular weight excluding hydrogens is 365 g/mol. The number of nitrogens with one attached hydrogen (secondary N) is 1. The molecule has 1 atom stereocenters. The van der Waals surface area contributed by atoms with E-state index in [4.69, 9.17) is 21.7 Å². The molecule has 0 saturated heterocycles. The fraction of sp³-hybridized carbons (Fsp3) is 0.278. The van der Waals surface area contributed by atoms with Crippen LogP contribution in [0.5, 0.6) is 11.5 Å². The van der Waals surface area contributed by atoms with Gasteiger partial charge in [-0.15, -0.1) is 0 Å². The van der Waals surface area contributed by atoms with Crippen molar-refractivity contribution >= 4 is 23.0 Å². The van der Waals surface area contributed by atoms with Gasteiger partial charge in [0.05, 0.1) is 12.1 Å². The number of halogens is 3. The van der Waals surface area contributed by atoms with Crippen LogP contribution < -0.4 is 14.8 Å². The molecule has 1 N–H and O–H groups in total. The van der Waals surface area contributed by atoms with Crippen molar-refractivity contribution in [2.24, 2.45) is 0 Å². The predicted molar refractivity (Wildman–Crippen MR) is 96.6 cm³/mol. The van der Waals surface area contributed by atoms with Gasteiger partial charge in [0.25, 0.3) is 0 Å². The van der Waals surface area contributed by atoms with E-state index in [1.54, 1.807) is 11.9 Å². The number of ether oxygens (including phenoxy) is 2. The number of nitrogens with zero attached hydrogens (tertiary/aromatic N) is 1. The lowest BCUT2D eigenvalue weighted by molar-refractivity contribution is -0.137. The average Bonchev–Trinajstić information content (AvgIpc) is 2.61. The molecule has 4 nitrogen and oxygen atoms in total. The Balaban J connectivity index is 1.59. The molecule has 26 heavy (non-hydrogen) atoms. The maximum absolute atomic E-state index is 12.8. The zero-order valence-electron chi connectivity index (χ0n) is 13.9. The van der Waals surface area contributed by atoms with Crippen LogP contribution in [0.4, 0.5) is 18.9 Å². The summed E-state index contributed by atoms with van der Waals surface area (Å²) in [5.74, 6) is 1.35. The number of anilines is 1. The van der Waals surface area contributed by atoms with E-state index in [1.165, 1.54) is 12.1 Å². The quantitative estimate of drug-likeness (QED) is 0.806. The number of fused-ring (bicyclic) bond motifs is 1. The van der Waals surface area contributed by atoms with Crippen molar-refractivity contribution in [3.05, 3.63) is 54.1 Å². The SMILES string of the molecule is CN(C[C@H]1COc2ccccc2O1)C(=S)Nc1cccc(C(F)(F)F)c1. The fourth-order valence-corrected chi connectivity index (χ4v) is 2.73. The van der Waals surface area contributed by atoms with Crippen molar-refractivity contribution in [2.75, 3.05) is 25.5 Å². The second kappa shape index (κ2) is 7.41. The molecule has 0 saturated carbocycles. The van der Waals surface area contributed by atoms with Crippen molar-refractivity contribution in [2.45, 2.75) is 12.3 Å². The van der Waals surface area contributed by atoms with Gasteiger partial charge >= 0.3 is 6.18 Å². The summed E-state index contributed by atoms with van der Waals surface area (Å²) in [6, 6.07) is 12.3. The second-order valence-corrected chi connectivity index (χ2v) is 6.27. The minimum atomic E-state index is -4.40. The van der Waals surface area contributed by atoms with Crippen molar-refractivity contribution < 1.29 is 22.6 Å². The summed E-state index contributed by atoms with van der Waals surface area (Å²) in [5.41, 5.74) is -0.448. The minimum Gasteiger partial charge on any atom is -0.486 e. The normalized spacial score (nSPS) is 16.1. The number of hydrogen-bond donors (Lipinski definition) is 1. The fourth-order valence-electron chi connectivity index (χ4n) is 2.53. The van der Waals surface area contributed by atoms with Gasteiger partial charge in [-0.25, -0.2) is 0 Å². The number of hydrogen-bond acceptors (Lipinski definition) is 3. The Morgan fingerprint density at radius 3 is 2.65 bits per heavy atom. The standard InChI is InChI=1S/C18H17F3N2O2S/c1-23(10-14-11-24-15-7-2-3-8-16(15)25-14)17(26)22-13-6-4-5-12(9-13)18(19,20)21/h2-9,14H,10-11H2,1H3,(H,22,26)/t14-/m0/s1. The van der Waals surface area contributed by atoms with Crippen LogP contribution in [0.15, 0.2) is 48.5 Å². The Morgan fingerprint density at radius 1 is 1.19 bits per heavy atom. The third-order valence-electron chi connectivity index (χ3n) is 3.83. The second-order valence-electron chi connectivity index (χ2n) is 5.89. The molecule has 8 heteroatoms. The number of benzene rings is 2. The largest absolute Gasteiger partial charge is 0.486 e. The van der Waals surface area contributed by atoms with Crippen molar-refractivity contribution in [3.63, 3.8) is 0 Å². The first kappa shape index (κ1) is 18.3. The molecule has 1 aliphatic heterocycles. The molecule has 0 spiro atoms. The molecule has 0 aliphatic carbocycles. The Hall–Kier alpha value is -2.48. The van der Waals surface area contributed by atoms with Crippen LogP contribution in [0.3, 0.4) is 0 Å². The van der Waals surface area contributed by atoms with Gasteiger partial charge in [-0.1, -0.05) is 18.2 Å². The zero-order valence-corrected chi connectivity index (χ0v) is 14.7. The molecule has 0 fully saturated rings. The Kier molecular flexibility index (Phi) is 5.22. The van der Waals surface area contributed by atoms with Crippen LogP contribution >= 0.6 is 12.2 Å². The molecule has 0 unspecified atom stereocenters. The van der Waals surface area contributed by atoms with Gasteiger partial charge in [0, 0.05) is 12.7 Å². The highest BCUT2D eigenvalue weighted by molar-refractivity contribution is 7.80. The molecular formula is C18H17F3N2O2S. The van der Waals surface area contributed by atoms with E-state index in [0.29, 0.717) is 29.8 Å². The summed E-state index contributed by atoms with van der Waals surface area (Å²) in [4.78, 5) is 1.71. The zero-order chi connectivity index (χ0) is 18.7. The number of rotatable bonds is 3. The lowest BCUT2D eigenvalue weighted by Crippen LogP contribution is -2.43. The van der Waals surface area contributed by atoms with E-state index < -0.39 is 11.7 Å². The monoisotopic (exact) mass is 382 g/mol. The number of likely N-dealkylation sites (N-methyl/N-ethyl adjacent to an activating group) is 1. The first-order valence-electron chi connectivity index (χ1n) is 7.91.